The number of amides is 1. The number of aromatic nitrogens is 1. The van der Waals surface area contributed by atoms with Crippen molar-refractivity contribution in [3.8, 4) is 5.75 Å². The fourth-order valence-corrected chi connectivity index (χ4v) is 2.18. The standard InChI is InChI=1S/C19H24N2O3/c1-14-7-8-18(12-20-14)24-13-16-5-4-6-17(11-16)19(22)21-15(2)9-10-23-3/h4-8,11-12,15H,9-10,13H2,1-3H3,(H,21,22)/t15-/m0/s1. The molecule has 0 bridgehead atoms. The van der Waals surface area contributed by atoms with Crippen LogP contribution >= 0.6 is 0 Å². The molecule has 5 nitrogen and oxygen atoms in total. The lowest BCUT2D eigenvalue weighted by Gasteiger charge is -2.14. The molecule has 2 aromatic rings. The second-order valence-electron chi connectivity index (χ2n) is 5.78. The fourth-order valence-electron chi connectivity index (χ4n) is 2.18. The number of carbonyl (C=O) groups excluding carboxylic acids is 1. The lowest BCUT2D eigenvalue weighted by atomic mass is 10.1. The van der Waals surface area contributed by atoms with Gasteiger partial charge in [-0.1, -0.05) is 12.1 Å². The minimum Gasteiger partial charge on any atom is -0.487 e. The average molecular weight is 328 g/mol. The van der Waals surface area contributed by atoms with E-state index in [1.54, 1.807) is 19.4 Å². The molecule has 2 rings (SSSR count). The number of benzene rings is 1. The van der Waals surface area contributed by atoms with Gasteiger partial charge in [-0.15, -0.1) is 0 Å². The molecule has 0 saturated carbocycles. The Kier molecular flexibility index (Phi) is 6.75. The van der Waals surface area contributed by atoms with Gasteiger partial charge in [0.1, 0.15) is 12.4 Å². The van der Waals surface area contributed by atoms with Crippen molar-refractivity contribution in [2.45, 2.75) is 32.9 Å². The molecule has 0 spiro atoms. The molecule has 1 aromatic heterocycles. The van der Waals surface area contributed by atoms with E-state index in [1.165, 1.54) is 0 Å². The first-order chi connectivity index (χ1) is 11.6. The third-order valence-corrected chi connectivity index (χ3v) is 3.61. The van der Waals surface area contributed by atoms with E-state index in [4.69, 9.17) is 9.47 Å². The van der Waals surface area contributed by atoms with Gasteiger partial charge >= 0.3 is 0 Å². The van der Waals surface area contributed by atoms with Crippen LogP contribution in [0, 0.1) is 6.92 Å². The van der Waals surface area contributed by atoms with Crippen molar-refractivity contribution >= 4 is 5.91 Å². The highest BCUT2D eigenvalue weighted by Crippen LogP contribution is 2.13. The average Bonchev–Trinajstić information content (AvgIpc) is 2.59. The van der Waals surface area contributed by atoms with Crippen molar-refractivity contribution in [3.05, 3.63) is 59.4 Å². The summed E-state index contributed by atoms with van der Waals surface area (Å²) >= 11 is 0. The molecule has 0 aliphatic heterocycles. The second-order valence-corrected chi connectivity index (χ2v) is 5.78. The van der Waals surface area contributed by atoms with Gasteiger partial charge in [0.2, 0.25) is 0 Å². The largest absolute Gasteiger partial charge is 0.487 e. The topological polar surface area (TPSA) is 60.5 Å². The second kappa shape index (κ2) is 9.03. The number of aryl methyl sites for hydroxylation is 1. The number of hydrogen-bond donors (Lipinski definition) is 1. The molecular formula is C19H24N2O3. The summed E-state index contributed by atoms with van der Waals surface area (Å²) in [6, 6.07) is 11.3. The number of hydrogen-bond acceptors (Lipinski definition) is 4. The molecule has 0 aliphatic rings. The summed E-state index contributed by atoms with van der Waals surface area (Å²) in [4.78, 5) is 16.5. The normalized spacial score (nSPS) is 11.8. The van der Waals surface area contributed by atoms with Crippen molar-refractivity contribution < 1.29 is 14.3 Å². The Morgan fingerprint density at radius 1 is 1.29 bits per heavy atom. The quantitative estimate of drug-likeness (QED) is 0.809. The van der Waals surface area contributed by atoms with E-state index in [-0.39, 0.29) is 11.9 Å². The maximum Gasteiger partial charge on any atom is 0.251 e. The van der Waals surface area contributed by atoms with Crippen LogP contribution in [0.15, 0.2) is 42.6 Å². The van der Waals surface area contributed by atoms with Gasteiger partial charge < -0.3 is 14.8 Å². The summed E-state index contributed by atoms with van der Waals surface area (Å²) in [7, 11) is 1.65. The number of nitrogens with zero attached hydrogens (tertiary/aromatic N) is 1. The molecule has 0 fully saturated rings. The zero-order valence-electron chi connectivity index (χ0n) is 14.4. The Morgan fingerprint density at radius 2 is 2.12 bits per heavy atom. The van der Waals surface area contributed by atoms with E-state index in [9.17, 15) is 4.79 Å². The van der Waals surface area contributed by atoms with Crippen LogP contribution in [0.5, 0.6) is 5.75 Å². The molecule has 0 aliphatic carbocycles. The maximum absolute atomic E-state index is 12.3. The van der Waals surface area contributed by atoms with E-state index in [0.29, 0.717) is 24.5 Å². The summed E-state index contributed by atoms with van der Waals surface area (Å²) in [6.45, 7) is 4.92. The summed E-state index contributed by atoms with van der Waals surface area (Å²) in [5.74, 6) is 0.626. The van der Waals surface area contributed by atoms with Crippen LogP contribution in [-0.4, -0.2) is 30.6 Å². The van der Waals surface area contributed by atoms with E-state index in [1.807, 2.05) is 44.2 Å². The van der Waals surface area contributed by atoms with E-state index >= 15 is 0 Å². The summed E-state index contributed by atoms with van der Waals surface area (Å²) < 4.78 is 10.7. The Bertz CT molecular complexity index is 656. The number of pyridine rings is 1. The minimum atomic E-state index is -0.0857. The predicted octanol–water partition coefficient (Wildman–Crippen LogP) is 3.12. The lowest BCUT2D eigenvalue weighted by molar-refractivity contribution is 0.0929. The smallest absolute Gasteiger partial charge is 0.251 e. The molecule has 0 unspecified atom stereocenters. The zero-order chi connectivity index (χ0) is 17.4. The molecule has 1 N–H and O–H groups in total. The molecular weight excluding hydrogens is 304 g/mol. The number of carbonyl (C=O) groups is 1. The zero-order valence-corrected chi connectivity index (χ0v) is 14.4. The van der Waals surface area contributed by atoms with Gasteiger partial charge in [0, 0.05) is 31.0 Å². The molecule has 1 amide bonds. The van der Waals surface area contributed by atoms with Gasteiger partial charge in [0.05, 0.1) is 6.20 Å². The first kappa shape index (κ1) is 17.9. The predicted molar refractivity (Wildman–Crippen MR) is 93.2 cm³/mol. The van der Waals surface area contributed by atoms with Crippen LogP contribution in [0.4, 0.5) is 0 Å². The van der Waals surface area contributed by atoms with Crippen LogP contribution in [0.1, 0.15) is 35.0 Å². The van der Waals surface area contributed by atoms with Crippen LogP contribution < -0.4 is 10.1 Å². The van der Waals surface area contributed by atoms with Crippen molar-refractivity contribution in [2.75, 3.05) is 13.7 Å². The van der Waals surface area contributed by atoms with Crippen molar-refractivity contribution in [1.29, 1.82) is 0 Å². The summed E-state index contributed by atoms with van der Waals surface area (Å²) in [6.07, 6.45) is 2.48. The number of methoxy groups -OCH3 is 1. The minimum absolute atomic E-state index is 0.0657. The van der Waals surface area contributed by atoms with Gasteiger partial charge in [-0.2, -0.15) is 0 Å². The molecule has 5 heteroatoms. The Balaban J connectivity index is 1.92. The third kappa shape index (κ3) is 5.66. The van der Waals surface area contributed by atoms with Crippen LogP contribution in [0.2, 0.25) is 0 Å². The molecule has 1 heterocycles. The van der Waals surface area contributed by atoms with Crippen LogP contribution in [-0.2, 0) is 11.3 Å². The van der Waals surface area contributed by atoms with Gasteiger partial charge in [0.25, 0.3) is 5.91 Å². The third-order valence-electron chi connectivity index (χ3n) is 3.61. The number of ether oxygens (including phenoxy) is 2. The Labute approximate surface area is 143 Å². The molecule has 24 heavy (non-hydrogen) atoms. The fraction of sp³-hybridized carbons (Fsp3) is 0.368. The summed E-state index contributed by atoms with van der Waals surface area (Å²) in [5, 5.41) is 2.97. The van der Waals surface area contributed by atoms with Crippen molar-refractivity contribution in [3.63, 3.8) is 0 Å². The molecule has 1 atom stereocenters. The maximum atomic E-state index is 12.3. The van der Waals surface area contributed by atoms with E-state index in [0.717, 1.165) is 17.7 Å². The highest BCUT2D eigenvalue weighted by atomic mass is 16.5. The van der Waals surface area contributed by atoms with Gasteiger partial charge in [-0.25, -0.2) is 0 Å². The Morgan fingerprint density at radius 3 is 2.83 bits per heavy atom. The monoisotopic (exact) mass is 328 g/mol. The lowest BCUT2D eigenvalue weighted by Crippen LogP contribution is -2.33. The van der Waals surface area contributed by atoms with E-state index in [2.05, 4.69) is 10.3 Å². The van der Waals surface area contributed by atoms with Crippen LogP contribution in [0.3, 0.4) is 0 Å². The first-order valence-corrected chi connectivity index (χ1v) is 8.02. The highest BCUT2D eigenvalue weighted by molar-refractivity contribution is 5.94. The van der Waals surface area contributed by atoms with Crippen molar-refractivity contribution in [1.82, 2.24) is 10.3 Å². The molecule has 128 valence electrons. The Hall–Kier alpha value is -2.40. The molecule has 0 radical (unpaired) electrons. The van der Waals surface area contributed by atoms with Gasteiger partial charge in [-0.05, 0) is 50.1 Å². The molecule has 1 aromatic carbocycles. The van der Waals surface area contributed by atoms with Crippen LogP contribution in [0.25, 0.3) is 0 Å². The number of nitrogens with one attached hydrogen (secondary N) is 1. The van der Waals surface area contributed by atoms with E-state index < -0.39 is 0 Å². The SMILES string of the molecule is COCC[C@H](C)NC(=O)c1cccc(COc2ccc(C)nc2)c1. The highest BCUT2D eigenvalue weighted by Gasteiger charge is 2.10. The van der Waals surface area contributed by atoms with Crippen molar-refractivity contribution in [2.24, 2.45) is 0 Å². The van der Waals surface area contributed by atoms with Gasteiger partial charge in [0.15, 0.2) is 0 Å². The van der Waals surface area contributed by atoms with Gasteiger partial charge in [-0.3, -0.25) is 9.78 Å². The number of rotatable bonds is 8. The summed E-state index contributed by atoms with van der Waals surface area (Å²) in [5.41, 5.74) is 2.51. The first-order valence-electron chi connectivity index (χ1n) is 8.02. The molecule has 0 saturated heterocycles.